The van der Waals surface area contributed by atoms with Crippen molar-refractivity contribution in [2.75, 3.05) is 0 Å². The van der Waals surface area contributed by atoms with Gasteiger partial charge in [0.25, 0.3) is 0 Å². The van der Waals surface area contributed by atoms with Crippen LogP contribution in [-0.4, -0.2) is 4.57 Å². The van der Waals surface area contributed by atoms with Gasteiger partial charge in [0.15, 0.2) is 0 Å². The summed E-state index contributed by atoms with van der Waals surface area (Å²) in [6.45, 7) is 6.80. The first kappa shape index (κ1) is 26.5. The van der Waals surface area contributed by atoms with E-state index in [0.717, 1.165) is 0 Å². The van der Waals surface area contributed by atoms with Crippen molar-refractivity contribution in [2.24, 2.45) is 0 Å². The van der Waals surface area contributed by atoms with Crippen LogP contribution in [0.2, 0.25) is 0 Å². The molecule has 0 bridgehead atoms. The van der Waals surface area contributed by atoms with E-state index in [4.69, 9.17) is 0 Å². The lowest BCUT2D eigenvalue weighted by atomic mass is 9.77. The van der Waals surface area contributed by atoms with Crippen LogP contribution in [0.5, 0.6) is 0 Å². The van der Waals surface area contributed by atoms with Crippen LogP contribution in [-0.2, 0) is 5.41 Å². The fourth-order valence-corrected chi connectivity index (χ4v) is 7.91. The Morgan fingerprint density at radius 2 is 0.979 bits per heavy atom. The summed E-state index contributed by atoms with van der Waals surface area (Å²) in [6.07, 6.45) is 0. The molecular formula is C46H33N. The Morgan fingerprint density at radius 1 is 0.404 bits per heavy atom. The zero-order chi connectivity index (χ0) is 31.4. The Balaban J connectivity index is 1.07. The first-order valence-electron chi connectivity index (χ1n) is 16.6. The van der Waals surface area contributed by atoms with E-state index in [9.17, 15) is 0 Å². The van der Waals surface area contributed by atoms with Crippen LogP contribution in [0.3, 0.4) is 0 Å². The minimum Gasteiger partial charge on any atom is -0.309 e. The molecule has 0 N–H and O–H groups in total. The Morgan fingerprint density at radius 3 is 1.70 bits per heavy atom. The van der Waals surface area contributed by atoms with Crippen LogP contribution in [0, 0.1) is 0 Å². The summed E-state index contributed by atoms with van der Waals surface area (Å²) in [7, 11) is 0. The Kier molecular flexibility index (Phi) is 5.33. The maximum absolute atomic E-state index is 2.44. The zero-order valence-corrected chi connectivity index (χ0v) is 26.8. The number of para-hydroxylation sites is 1. The maximum Gasteiger partial charge on any atom is 0.0547 e. The molecule has 0 fully saturated rings. The molecule has 0 saturated heterocycles. The van der Waals surface area contributed by atoms with Crippen molar-refractivity contribution in [1.29, 1.82) is 0 Å². The third-order valence-corrected chi connectivity index (χ3v) is 10.4. The highest BCUT2D eigenvalue weighted by molar-refractivity contribution is 6.21. The minimum atomic E-state index is 0.156. The first-order valence-corrected chi connectivity index (χ1v) is 16.6. The van der Waals surface area contributed by atoms with Gasteiger partial charge in [0, 0.05) is 16.5 Å². The molecule has 1 heterocycles. The lowest BCUT2D eigenvalue weighted by Crippen LogP contribution is -2.10. The van der Waals surface area contributed by atoms with Crippen LogP contribution in [0.1, 0.15) is 26.3 Å². The highest BCUT2D eigenvalue weighted by Crippen LogP contribution is 2.51. The predicted molar refractivity (Wildman–Crippen MR) is 202 cm³/mol. The monoisotopic (exact) mass is 599 g/mol. The molecular weight excluding hydrogens is 567 g/mol. The van der Waals surface area contributed by atoms with E-state index in [1.807, 2.05) is 0 Å². The lowest BCUT2D eigenvalue weighted by Gasteiger charge is -2.26. The lowest BCUT2D eigenvalue weighted by molar-refractivity contribution is 0.590. The van der Waals surface area contributed by atoms with E-state index in [-0.39, 0.29) is 5.41 Å². The van der Waals surface area contributed by atoms with Gasteiger partial charge in [-0.3, -0.25) is 0 Å². The van der Waals surface area contributed by atoms with E-state index in [1.165, 1.54) is 98.8 Å². The number of fused-ring (bicyclic) bond motifs is 11. The summed E-state index contributed by atoms with van der Waals surface area (Å²) < 4.78 is 2.44. The van der Waals surface area contributed by atoms with Gasteiger partial charge in [0.2, 0.25) is 0 Å². The third kappa shape index (κ3) is 3.90. The molecule has 0 radical (unpaired) electrons. The molecule has 0 saturated carbocycles. The fourth-order valence-electron chi connectivity index (χ4n) is 7.91. The summed E-state index contributed by atoms with van der Waals surface area (Å²) in [5, 5.41) is 10.3. The van der Waals surface area contributed by atoms with Crippen LogP contribution in [0.25, 0.3) is 93.2 Å². The zero-order valence-electron chi connectivity index (χ0n) is 26.8. The molecule has 0 aliphatic heterocycles. The summed E-state index contributed by atoms with van der Waals surface area (Å²) in [5.41, 5.74) is 13.1. The van der Waals surface area contributed by atoms with E-state index in [0.29, 0.717) is 0 Å². The van der Waals surface area contributed by atoms with E-state index >= 15 is 0 Å². The fraction of sp³-hybridized carbons (Fsp3) is 0.0870. The number of rotatable bonds is 2. The van der Waals surface area contributed by atoms with Crippen molar-refractivity contribution >= 4 is 54.1 Å². The molecule has 0 unspecified atom stereocenters. The largest absolute Gasteiger partial charge is 0.309 e. The van der Waals surface area contributed by atoms with Crippen LogP contribution in [0.4, 0.5) is 0 Å². The smallest absolute Gasteiger partial charge is 0.0547 e. The number of hydrogen-bond acceptors (Lipinski definition) is 0. The SMILES string of the molecule is CC(C)(C)c1ccc(-c2ccc3cc4c(cc3c2)-c2cc3ccc(-n5c6ccccc6c6c7ccccc7ccc65)cc3cc2-4)cc1. The van der Waals surface area contributed by atoms with Gasteiger partial charge in [-0.2, -0.15) is 0 Å². The number of benzene rings is 8. The van der Waals surface area contributed by atoms with Crippen molar-refractivity contribution in [1.82, 2.24) is 4.57 Å². The molecule has 8 aromatic carbocycles. The van der Waals surface area contributed by atoms with Gasteiger partial charge >= 0.3 is 0 Å². The predicted octanol–water partition coefficient (Wildman–Crippen LogP) is 12.9. The molecule has 1 aromatic heterocycles. The van der Waals surface area contributed by atoms with Crippen molar-refractivity contribution in [3.8, 4) is 39.1 Å². The van der Waals surface area contributed by atoms with Gasteiger partial charge in [0.05, 0.1) is 11.0 Å². The van der Waals surface area contributed by atoms with Gasteiger partial charge in [0.1, 0.15) is 0 Å². The van der Waals surface area contributed by atoms with E-state index in [2.05, 4.69) is 171 Å². The second-order valence-corrected chi connectivity index (χ2v) is 14.2. The average Bonchev–Trinajstić information content (AvgIpc) is 3.44. The van der Waals surface area contributed by atoms with Gasteiger partial charge in [-0.25, -0.2) is 0 Å². The molecule has 1 aliphatic rings. The Hall–Kier alpha value is -5.66. The molecule has 1 aliphatic carbocycles. The van der Waals surface area contributed by atoms with Crippen molar-refractivity contribution in [3.63, 3.8) is 0 Å². The Bertz CT molecular complexity index is 2750. The van der Waals surface area contributed by atoms with Gasteiger partial charge in [-0.1, -0.05) is 112 Å². The van der Waals surface area contributed by atoms with E-state index in [1.54, 1.807) is 0 Å². The van der Waals surface area contributed by atoms with Crippen molar-refractivity contribution in [2.45, 2.75) is 26.2 Å². The molecule has 1 nitrogen and oxygen atoms in total. The third-order valence-electron chi connectivity index (χ3n) is 10.4. The summed E-state index contributed by atoms with van der Waals surface area (Å²) in [5.74, 6) is 0. The number of aromatic nitrogens is 1. The van der Waals surface area contributed by atoms with Gasteiger partial charge < -0.3 is 4.57 Å². The molecule has 47 heavy (non-hydrogen) atoms. The standard InChI is InChI=1S/C46H33N/c1-46(2,3)35-18-14-28(15-19-35)30-12-13-31-24-39-41(26-33(31)22-30)40-25-32-16-20-36(23-34(32)27-42(39)40)47-43-11-7-6-10-38(43)45-37-9-5-4-8-29(37)17-21-44(45)47/h4-27H,1-3H3. The highest BCUT2D eigenvalue weighted by atomic mass is 15.0. The average molecular weight is 600 g/mol. The second-order valence-electron chi connectivity index (χ2n) is 14.2. The van der Waals surface area contributed by atoms with E-state index < -0.39 is 0 Å². The Labute approximate surface area is 274 Å². The molecule has 222 valence electrons. The molecule has 1 heteroatoms. The summed E-state index contributed by atoms with van der Waals surface area (Å²) in [6, 6.07) is 54.6. The van der Waals surface area contributed by atoms with Crippen molar-refractivity contribution < 1.29 is 0 Å². The molecule has 9 aromatic rings. The molecule has 0 amide bonds. The quantitative estimate of drug-likeness (QED) is 0.186. The summed E-state index contributed by atoms with van der Waals surface area (Å²) >= 11 is 0. The first-order chi connectivity index (χ1) is 22.9. The minimum absolute atomic E-state index is 0.156. The van der Waals surface area contributed by atoms with Crippen LogP contribution in [0.15, 0.2) is 146 Å². The number of nitrogens with zero attached hydrogens (tertiary/aromatic N) is 1. The highest BCUT2D eigenvalue weighted by Gasteiger charge is 2.24. The second kappa shape index (κ2) is 9.44. The molecule has 10 rings (SSSR count). The maximum atomic E-state index is 2.44. The van der Waals surface area contributed by atoms with Crippen LogP contribution >= 0.6 is 0 Å². The molecule has 0 spiro atoms. The summed E-state index contributed by atoms with van der Waals surface area (Å²) in [4.78, 5) is 0. The van der Waals surface area contributed by atoms with Gasteiger partial charge in [-0.15, -0.1) is 0 Å². The number of hydrogen-bond donors (Lipinski definition) is 0. The normalized spacial score (nSPS) is 12.6. The van der Waals surface area contributed by atoms with Crippen LogP contribution < -0.4 is 0 Å². The topological polar surface area (TPSA) is 4.93 Å². The van der Waals surface area contributed by atoms with Gasteiger partial charge in [-0.05, 0) is 131 Å². The van der Waals surface area contributed by atoms with Crippen molar-refractivity contribution in [3.05, 3.63) is 151 Å². The molecule has 0 atom stereocenters.